The summed E-state index contributed by atoms with van der Waals surface area (Å²) in [7, 11) is 0. The molecule has 17 heavy (non-hydrogen) atoms. The number of hydrogen-bond acceptors (Lipinski definition) is 3. The Labute approximate surface area is 104 Å². The summed E-state index contributed by atoms with van der Waals surface area (Å²) in [6, 6.07) is 0. The van der Waals surface area contributed by atoms with Crippen molar-refractivity contribution in [1.29, 1.82) is 0 Å². The van der Waals surface area contributed by atoms with Crippen molar-refractivity contribution < 1.29 is 4.52 Å². The topological polar surface area (TPSA) is 52.0 Å². The SMILES string of the molecule is CC(C)Cc1c(CC2CCCCC2)noc1N. The van der Waals surface area contributed by atoms with Crippen LogP contribution < -0.4 is 5.73 Å². The van der Waals surface area contributed by atoms with E-state index in [0.29, 0.717) is 11.8 Å². The molecule has 0 saturated heterocycles. The van der Waals surface area contributed by atoms with Crippen molar-refractivity contribution in [2.24, 2.45) is 11.8 Å². The molecule has 0 unspecified atom stereocenters. The predicted octanol–water partition coefficient (Wildman–Crippen LogP) is 3.58. The zero-order valence-electron chi connectivity index (χ0n) is 11.0. The van der Waals surface area contributed by atoms with Crippen LogP contribution in [0.3, 0.4) is 0 Å². The van der Waals surface area contributed by atoms with Crippen LogP contribution in [0.25, 0.3) is 0 Å². The van der Waals surface area contributed by atoms with E-state index < -0.39 is 0 Å². The first kappa shape index (κ1) is 12.5. The Hall–Kier alpha value is -0.990. The van der Waals surface area contributed by atoms with Crippen molar-refractivity contribution in [2.75, 3.05) is 5.73 Å². The molecule has 0 radical (unpaired) electrons. The minimum absolute atomic E-state index is 0.532. The molecule has 1 fully saturated rings. The third kappa shape index (κ3) is 3.24. The van der Waals surface area contributed by atoms with Gasteiger partial charge in [0.1, 0.15) is 0 Å². The highest BCUT2D eigenvalue weighted by molar-refractivity contribution is 5.39. The predicted molar refractivity (Wildman–Crippen MR) is 69.7 cm³/mol. The van der Waals surface area contributed by atoms with Gasteiger partial charge in [-0.2, -0.15) is 0 Å². The second-order valence-electron chi connectivity index (χ2n) is 5.78. The highest BCUT2D eigenvalue weighted by atomic mass is 16.5. The Morgan fingerprint density at radius 3 is 2.65 bits per heavy atom. The summed E-state index contributed by atoms with van der Waals surface area (Å²) in [6.45, 7) is 4.41. The fourth-order valence-corrected chi connectivity index (χ4v) is 2.81. The number of nitrogen functional groups attached to an aromatic ring is 1. The van der Waals surface area contributed by atoms with Gasteiger partial charge in [-0.1, -0.05) is 51.1 Å². The van der Waals surface area contributed by atoms with Gasteiger partial charge in [0.2, 0.25) is 5.88 Å². The molecule has 0 aromatic carbocycles. The molecule has 0 spiro atoms. The molecule has 1 aromatic rings. The monoisotopic (exact) mass is 236 g/mol. The third-order valence-corrected chi connectivity index (χ3v) is 3.72. The van der Waals surface area contributed by atoms with Gasteiger partial charge in [0, 0.05) is 5.56 Å². The van der Waals surface area contributed by atoms with Gasteiger partial charge in [0.25, 0.3) is 0 Å². The fraction of sp³-hybridized carbons (Fsp3) is 0.786. The van der Waals surface area contributed by atoms with Crippen LogP contribution in [0.1, 0.15) is 57.2 Å². The van der Waals surface area contributed by atoms with E-state index in [-0.39, 0.29) is 0 Å². The Morgan fingerprint density at radius 2 is 2.00 bits per heavy atom. The summed E-state index contributed by atoms with van der Waals surface area (Å²) in [5.41, 5.74) is 8.14. The zero-order chi connectivity index (χ0) is 12.3. The van der Waals surface area contributed by atoms with Crippen molar-refractivity contribution in [3.05, 3.63) is 11.3 Å². The van der Waals surface area contributed by atoms with Crippen LogP contribution in [0.5, 0.6) is 0 Å². The summed E-state index contributed by atoms with van der Waals surface area (Å²) in [4.78, 5) is 0. The van der Waals surface area contributed by atoms with Gasteiger partial charge in [0.05, 0.1) is 5.69 Å². The molecule has 1 aromatic heterocycles. The van der Waals surface area contributed by atoms with E-state index in [0.717, 1.165) is 30.0 Å². The maximum Gasteiger partial charge on any atom is 0.225 e. The quantitative estimate of drug-likeness (QED) is 0.869. The van der Waals surface area contributed by atoms with Crippen LogP contribution in [0.4, 0.5) is 5.88 Å². The maximum atomic E-state index is 5.87. The molecule has 2 rings (SSSR count). The molecule has 1 saturated carbocycles. The lowest BCUT2D eigenvalue weighted by Crippen LogP contribution is -2.11. The maximum absolute atomic E-state index is 5.87. The van der Waals surface area contributed by atoms with E-state index in [1.807, 2.05) is 0 Å². The minimum atomic E-state index is 0.532. The van der Waals surface area contributed by atoms with E-state index in [1.165, 1.54) is 32.1 Å². The van der Waals surface area contributed by atoms with Gasteiger partial charge in [0.15, 0.2) is 0 Å². The number of hydrogen-bond donors (Lipinski definition) is 1. The molecule has 1 aliphatic carbocycles. The molecule has 2 N–H and O–H groups in total. The van der Waals surface area contributed by atoms with E-state index in [9.17, 15) is 0 Å². The summed E-state index contributed by atoms with van der Waals surface area (Å²) >= 11 is 0. The number of rotatable bonds is 4. The van der Waals surface area contributed by atoms with Crippen LogP contribution >= 0.6 is 0 Å². The standard InChI is InChI=1S/C14H24N2O/c1-10(2)8-12-13(16-17-14(12)15)9-11-6-4-3-5-7-11/h10-11H,3-9,15H2,1-2H3. The summed E-state index contributed by atoms with van der Waals surface area (Å²) < 4.78 is 5.17. The van der Waals surface area contributed by atoms with Crippen LogP contribution in [-0.2, 0) is 12.8 Å². The van der Waals surface area contributed by atoms with Gasteiger partial charge in [-0.25, -0.2) is 0 Å². The summed E-state index contributed by atoms with van der Waals surface area (Å²) in [5, 5.41) is 4.16. The molecule has 0 atom stereocenters. The Kier molecular flexibility index (Phi) is 4.08. The second kappa shape index (κ2) is 5.56. The van der Waals surface area contributed by atoms with E-state index in [4.69, 9.17) is 10.3 Å². The molecule has 1 heterocycles. The molecular weight excluding hydrogens is 212 g/mol. The van der Waals surface area contributed by atoms with Crippen molar-refractivity contribution in [3.8, 4) is 0 Å². The first-order valence-electron chi connectivity index (χ1n) is 6.89. The van der Waals surface area contributed by atoms with Gasteiger partial charge >= 0.3 is 0 Å². The first-order chi connectivity index (χ1) is 8.16. The smallest absolute Gasteiger partial charge is 0.225 e. The van der Waals surface area contributed by atoms with Crippen LogP contribution in [0.2, 0.25) is 0 Å². The zero-order valence-corrected chi connectivity index (χ0v) is 11.0. The van der Waals surface area contributed by atoms with E-state index in [1.54, 1.807) is 0 Å². The lowest BCUT2D eigenvalue weighted by molar-refractivity contribution is 0.344. The number of anilines is 1. The Bertz CT molecular complexity index is 351. The average molecular weight is 236 g/mol. The summed E-state index contributed by atoms with van der Waals surface area (Å²) in [6.07, 6.45) is 8.87. The van der Waals surface area contributed by atoms with Gasteiger partial charge in [-0.05, 0) is 24.7 Å². The Balaban J connectivity index is 2.04. The highest BCUT2D eigenvalue weighted by Crippen LogP contribution is 2.29. The third-order valence-electron chi connectivity index (χ3n) is 3.72. The normalized spacial score (nSPS) is 17.8. The highest BCUT2D eigenvalue weighted by Gasteiger charge is 2.20. The van der Waals surface area contributed by atoms with Crippen molar-refractivity contribution in [2.45, 2.75) is 58.8 Å². The van der Waals surface area contributed by atoms with Gasteiger partial charge in [-0.3, -0.25) is 0 Å². The van der Waals surface area contributed by atoms with Crippen LogP contribution in [-0.4, -0.2) is 5.16 Å². The fourth-order valence-electron chi connectivity index (χ4n) is 2.81. The minimum Gasteiger partial charge on any atom is -0.367 e. The van der Waals surface area contributed by atoms with Gasteiger partial charge in [-0.15, -0.1) is 0 Å². The molecule has 0 bridgehead atoms. The molecule has 3 nitrogen and oxygen atoms in total. The number of nitrogens with two attached hydrogens (primary N) is 1. The molecule has 96 valence electrons. The van der Waals surface area contributed by atoms with Crippen LogP contribution in [0, 0.1) is 11.8 Å². The molecule has 3 heteroatoms. The molecule has 0 aliphatic heterocycles. The van der Waals surface area contributed by atoms with Crippen molar-refractivity contribution in [3.63, 3.8) is 0 Å². The second-order valence-corrected chi connectivity index (χ2v) is 5.78. The average Bonchev–Trinajstić information content (AvgIpc) is 2.62. The van der Waals surface area contributed by atoms with E-state index in [2.05, 4.69) is 19.0 Å². The number of aromatic nitrogens is 1. The molecule has 0 amide bonds. The molecular formula is C14H24N2O. The van der Waals surface area contributed by atoms with Gasteiger partial charge < -0.3 is 10.3 Å². The molecule has 1 aliphatic rings. The van der Waals surface area contributed by atoms with E-state index >= 15 is 0 Å². The van der Waals surface area contributed by atoms with Crippen molar-refractivity contribution in [1.82, 2.24) is 5.16 Å². The lowest BCUT2D eigenvalue weighted by Gasteiger charge is -2.20. The first-order valence-corrected chi connectivity index (χ1v) is 6.89. The van der Waals surface area contributed by atoms with Crippen LogP contribution in [0.15, 0.2) is 4.52 Å². The van der Waals surface area contributed by atoms with Crippen molar-refractivity contribution >= 4 is 5.88 Å². The lowest BCUT2D eigenvalue weighted by atomic mass is 9.85. The number of nitrogens with zero attached hydrogens (tertiary/aromatic N) is 1. The Morgan fingerprint density at radius 1 is 1.29 bits per heavy atom. The largest absolute Gasteiger partial charge is 0.367 e. The summed E-state index contributed by atoms with van der Waals surface area (Å²) in [5.74, 6) is 1.92.